The molecule has 2 unspecified atom stereocenters. The van der Waals surface area contributed by atoms with Gasteiger partial charge in [-0.25, -0.2) is 0 Å². The summed E-state index contributed by atoms with van der Waals surface area (Å²) in [6, 6.07) is 8.64. The largest absolute Gasteiger partial charge is 0.485 e. The van der Waals surface area contributed by atoms with Crippen LogP contribution in [0.25, 0.3) is 0 Å². The van der Waals surface area contributed by atoms with Crippen LogP contribution in [0.5, 0.6) is 5.75 Å². The predicted octanol–water partition coefficient (Wildman–Crippen LogP) is 2.25. The molecule has 3 heteroatoms. The van der Waals surface area contributed by atoms with Gasteiger partial charge in [0.1, 0.15) is 11.9 Å². The van der Waals surface area contributed by atoms with Crippen LogP contribution in [0.4, 0.5) is 5.69 Å². The van der Waals surface area contributed by atoms with Crippen molar-refractivity contribution in [2.75, 3.05) is 18.4 Å². The van der Waals surface area contributed by atoms with Gasteiger partial charge in [0.2, 0.25) is 0 Å². The van der Waals surface area contributed by atoms with E-state index < -0.39 is 0 Å². The van der Waals surface area contributed by atoms with Crippen molar-refractivity contribution in [3.63, 3.8) is 0 Å². The molecule has 16 heavy (non-hydrogen) atoms. The lowest BCUT2D eigenvalue weighted by Crippen LogP contribution is -2.42. The van der Waals surface area contributed by atoms with E-state index >= 15 is 0 Å². The van der Waals surface area contributed by atoms with Crippen LogP contribution in [-0.2, 0) is 0 Å². The Morgan fingerprint density at radius 1 is 1.50 bits per heavy atom. The van der Waals surface area contributed by atoms with Gasteiger partial charge >= 0.3 is 0 Å². The molecular weight excluding hydrogens is 200 g/mol. The molecule has 0 radical (unpaired) electrons. The summed E-state index contributed by atoms with van der Waals surface area (Å²) in [7, 11) is 0. The van der Waals surface area contributed by atoms with E-state index in [0.717, 1.165) is 30.9 Å². The second kappa shape index (κ2) is 5.21. The minimum atomic E-state index is 0.226. The highest BCUT2D eigenvalue weighted by atomic mass is 16.5. The summed E-state index contributed by atoms with van der Waals surface area (Å²) in [6.07, 6.45) is 1.38. The number of ether oxygens (including phenoxy) is 1. The van der Waals surface area contributed by atoms with Gasteiger partial charge in [0.05, 0.1) is 12.2 Å². The topological polar surface area (TPSA) is 33.3 Å². The number of rotatable bonds is 4. The van der Waals surface area contributed by atoms with Crippen molar-refractivity contribution in [3.8, 4) is 5.75 Å². The molecule has 88 valence electrons. The van der Waals surface area contributed by atoms with E-state index in [1.54, 1.807) is 0 Å². The lowest BCUT2D eigenvalue weighted by Gasteiger charge is -2.28. The molecule has 0 bridgehead atoms. The van der Waals surface area contributed by atoms with Crippen molar-refractivity contribution < 1.29 is 4.74 Å². The Morgan fingerprint density at radius 2 is 2.31 bits per heavy atom. The minimum absolute atomic E-state index is 0.226. The monoisotopic (exact) mass is 220 g/mol. The first kappa shape index (κ1) is 11.3. The summed E-state index contributed by atoms with van der Waals surface area (Å²) < 4.78 is 5.90. The van der Waals surface area contributed by atoms with E-state index in [-0.39, 0.29) is 6.10 Å². The van der Waals surface area contributed by atoms with Gasteiger partial charge < -0.3 is 15.4 Å². The summed E-state index contributed by atoms with van der Waals surface area (Å²) >= 11 is 0. The molecule has 2 rings (SSSR count). The van der Waals surface area contributed by atoms with Crippen molar-refractivity contribution in [2.45, 2.75) is 32.4 Å². The highest BCUT2D eigenvalue weighted by Gasteiger charge is 2.18. The zero-order chi connectivity index (χ0) is 11.4. The van der Waals surface area contributed by atoms with Crippen LogP contribution in [-0.4, -0.2) is 25.2 Å². The lowest BCUT2D eigenvalue weighted by atomic mass is 10.2. The van der Waals surface area contributed by atoms with Gasteiger partial charge in [-0.2, -0.15) is 0 Å². The fraction of sp³-hybridized carbons (Fsp3) is 0.538. The highest BCUT2D eigenvalue weighted by molar-refractivity contribution is 5.57. The number of fused-ring (bicyclic) bond motifs is 1. The average Bonchev–Trinajstić information content (AvgIpc) is 2.35. The molecular formula is C13H20N2O. The summed E-state index contributed by atoms with van der Waals surface area (Å²) in [5.41, 5.74) is 1.10. The average molecular weight is 220 g/mol. The van der Waals surface area contributed by atoms with E-state index in [4.69, 9.17) is 4.74 Å². The Kier molecular flexibility index (Phi) is 3.67. The van der Waals surface area contributed by atoms with Crippen LogP contribution in [0.2, 0.25) is 0 Å². The standard InChI is InChI=1S/C13H20N2O/c1-3-10(2)14-8-11-9-15-12-6-4-5-7-13(12)16-11/h4-7,10-11,14-15H,3,8-9H2,1-2H3. The van der Waals surface area contributed by atoms with Crippen LogP contribution < -0.4 is 15.4 Å². The zero-order valence-corrected chi connectivity index (χ0v) is 9.99. The number of hydrogen-bond donors (Lipinski definition) is 2. The third-order valence-corrected chi connectivity index (χ3v) is 3.01. The summed E-state index contributed by atoms with van der Waals surface area (Å²) in [6.45, 7) is 6.16. The van der Waals surface area contributed by atoms with E-state index in [1.807, 2.05) is 24.3 Å². The van der Waals surface area contributed by atoms with Crippen LogP contribution in [0, 0.1) is 0 Å². The molecule has 0 saturated carbocycles. The molecule has 2 atom stereocenters. The maximum absolute atomic E-state index is 5.90. The number of benzene rings is 1. The maximum atomic E-state index is 5.90. The first-order chi connectivity index (χ1) is 7.79. The quantitative estimate of drug-likeness (QED) is 0.816. The number of para-hydroxylation sites is 2. The Balaban J connectivity index is 1.88. The summed E-state index contributed by atoms with van der Waals surface area (Å²) in [4.78, 5) is 0. The van der Waals surface area contributed by atoms with Crippen LogP contribution in [0.1, 0.15) is 20.3 Å². The zero-order valence-electron chi connectivity index (χ0n) is 9.99. The molecule has 0 aromatic heterocycles. The molecule has 0 saturated heterocycles. The van der Waals surface area contributed by atoms with E-state index in [1.165, 1.54) is 0 Å². The van der Waals surface area contributed by atoms with Crippen molar-refractivity contribution in [1.29, 1.82) is 0 Å². The van der Waals surface area contributed by atoms with Crippen LogP contribution in [0.15, 0.2) is 24.3 Å². The molecule has 0 spiro atoms. The van der Waals surface area contributed by atoms with Gasteiger partial charge in [-0.3, -0.25) is 0 Å². The van der Waals surface area contributed by atoms with Crippen LogP contribution in [0.3, 0.4) is 0 Å². The third kappa shape index (κ3) is 2.67. The van der Waals surface area contributed by atoms with Gasteiger partial charge in [-0.1, -0.05) is 19.1 Å². The van der Waals surface area contributed by atoms with Crippen molar-refractivity contribution in [1.82, 2.24) is 5.32 Å². The van der Waals surface area contributed by atoms with Crippen molar-refractivity contribution in [3.05, 3.63) is 24.3 Å². The summed E-state index contributed by atoms with van der Waals surface area (Å²) in [5, 5.41) is 6.86. The molecule has 0 fully saturated rings. The summed E-state index contributed by atoms with van der Waals surface area (Å²) in [5.74, 6) is 0.963. The Bertz CT molecular complexity index is 340. The van der Waals surface area contributed by atoms with Gasteiger partial charge in [0, 0.05) is 12.6 Å². The smallest absolute Gasteiger partial charge is 0.142 e. The van der Waals surface area contributed by atoms with Crippen LogP contribution >= 0.6 is 0 Å². The van der Waals surface area contributed by atoms with Crippen molar-refractivity contribution in [2.24, 2.45) is 0 Å². The molecule has 1 aliphatic heterocycles. The van der Waals surface area contributed by atoms with Crippen molar-refractivity contribution >= 4 is 5.69 Å². The third-order valence-electron chi connectivity index (χ3n) is 3.01. The second-order valence-electron chi connectivity index (χ2n) is 4.33. The molecule has 1 aromatic carbocycles. The Labute approximate surface area is 97.2 Å². The molecule has 3 nitrogen and oxygen atoms in total. The maximum Gasteiger partial charge on any atom is 0.142 e. The second-order valence-corrected chi connectivity index (χ2v) is 4.33. The highest BCUT2D eigenvalue weighted by Crippen LogP contribution is 2.27. The SMILES string of the molecule is CCC(C)NCC1CNc2ccccc2O1. The van der Waals surface area contributed by atoms with E-state index in [2.05, 4.69) is 24.5 Å². The Morgan fingerprint density at radius 3 is 3.12 bits per heavy atom. The van der Waals surface area contributed by atoms with Gasteiger partial charge in [0.15, 0.2) is 0 Å². The molecule has 1 aliphatic rings. The predicted molar refractivity (Wildman–Crippen MR) is 67.1 cm³/mol. The Hall–Kier alpha value is -1.22. The minimum Gasteiger partial charge on any atom is -0.485 e. The first-order valence-corrected chi connectivity index (χ1v) is 6.02. The number of hydrogen-bond acceptors (Lipinski definition) is 3. The normalized spacial score (nSPS) is 20.5. The molecule has 1 aromatic rings. The van der Waals surface area contributed by atoms with E-state index in [9.17, 15) is 0 Å². The molecule has 0 amide bonds. The molecule has 0 aliphatic carbocycles. The number of anilines is 1. The fourth-order valence-electron chi connectivity index (χ4n) is 1.75. The molecule has 2 N–H and O–H groups in total. The molecule has 1 heterocycles. The van der Waals surface area contributed by atoms with E-state index in [0.29, 0.717) is 6.04 Å². The number of nitrogens with one attached hydrogen (secondary N) is 2. The van der Waals surface area contributed by atoms with Gasteiger partial charge in [-0.05, 0) is 25.5 Å². The first-order valence-electron chi connectivity index (χ1n) is 6.02. The van der Waals surface area contributed by atoms with Gasteiger partial charge in [-0.15, -0.1) is 0 Å². The fourth-order valence-corrected chi connectivity index (χ4v) is 1.75. The lowest BCUT2D eigenvalue weighted by molar-refractivity contribution is 0.197. The van der Waals surface area contributed by atoms with Gasteiger partial charge in [0.25, 0.3) is 0 Å².